The van der Waals surface area contributed by atoms with Crippen LogP contribution in [0.4, 0.5) is 10.1 Å². The number of rotatable bonds is 4. The summed E-state index contributed by atoms with van der Waals surface area (Å²) in [7, 11) is 0. The number of amides is 1. The summed E-state index contributed by atoms with van der Waals surface area (Å²) in [6.07, 6.45) is 0. The lowest BCUT2D eigenvalue weighted by Gasteiger charge is -2.18. The quantitative estimate of drug-likeness (QED) is 0.519. The number of carbonyl (C=O) groups is 1. The molecular weight excluding hydrogens is 416 g/mol. The largest absolute Gasteiger partial charge is 0.285 e. The molecule has 0 saturated carbocycles. The molecule has 0 bridgehead atoms. The Balaban J connectivity index is 1.82. The Morgan fingerprint density at radius 3 is 2.81 bits per heavy atom. The van der Waals surface area contributed by atoms with E-state index in [0.29, 0.717) is 17.3 Å². The number of hydrogen-bond donors (Lipinski definition) is 0. The molecule has 3 rings (SSSR count). The van der Waals surface area contributed by atoms with Gasteiger partial charge in [-0.05, 0) is 24.3 Å². The van der Waals surface area contributed by atoms with Crippen LogP contribution in [0.15, 0.2) is 41.4 Å². The van der Waals surface area contributed by atoms with E-state index >= 15 is 0 Å². The second kappa shape index (κ2) is 8.24. The number of nitro groups is 1. The summed E-state index contributed by atoms with van der Waals surface area (Å²) in [5.74, 6) is -0.851. The normalized spacial score (nSPS) is 13.6. The standard InChI is InChI=1S/C17H12Cl2FN3O3S/c18-10-4-5-15(23(25)26)11(8-10)16(24)22-7-6-21-17(22)27-9-12-13(19)2-1-3-14(12)20/h1-5,8H,6-7,9H2. The van der Waals surface area contributed by atoms with Crippen molar-refractivity contribution in [1.82, 2.24) is 4.90 Å². The molecule has 2 aromatic rings. The monoisotopic (exact) mass is 427 g/mol. The maximum Gasteiger partial charge on any atom is 0.282 e. The van der Waals surface area contributed by atoms with Gasteiger partial charge in [-0.25, -0.2) is 4.39 Å². The average molecular weight is 428 g/mol. The highest BCUT2D eigenvalue weighted by Crippen LogP contribution is 2.29. The van der Waals surface area contributed by atoms with Gasteiger partial charge < -0.3 is 0 Å². The number of nitro benzene ring substituents is 1. The fraction of sp³-hybridized carbons (Fsp3) is 0.176. The molecule has 1 aliphatic heterocycles. The second-order valence-electron chi connectivity index (χ2n) is 5.53. The lowest BCUT2D eigenvalue weighted by atomic mass is 10.1. The Morgan fingerprint density at radius 2 is 2.11 bits per heavy atom. The Hall–Kier alpha value is -2.16. The molecule has 0 fully saturated rings. The number of aliphatic imine (C=N–C) groups is 1. The van der Waals surface area contributed by atoms with Crippen molar-refractivity contribution in [3.8, 4) is 0 Å². The zero-order valence-corrected chi connectivity index (χ0v) is 16.0. The van der Waals surface area contributed by atoms with Crippen LogP contribution in [-0.2, 0) is 5.75 Å². The number of carbonyl (C=O) groups excluding carboxylic acids is 1. The van der Waals surface area contributed by atoms with Crippen molar-refractivity contribution in [3.05, 3.63) is 73.5 Å². The van der Waals surface area contributed by atoms with Crippen LogP contribution in [-0.4, -0.2) is 34.0 Å². The van der Waals surface area contributed by atoms with Crippen LogP contribution in [0, 0.1) is 15.9 Å². The van der Waals surface area contributed by atoms with Gasteiger partial charge in [0.05, 0.1) is 11.5 Å². The zero-order valence-electron chi connectivity index (χ0n) is 13.7. The molecule has 0 radical (unpaired) electrons. The molecule has 0 atom stereocenters. The van der Waals surface area contributed by atoms with Crippen LogP contribution < -0.4 is 0 Å². The van der Waals surface area contributed by atoms with Crippen molar-refractivity contribution in [3.63, 3.8) is 0 Å². The van der Waals surface area contributed by atoms with Crippen molar-refractivity contribution in [2.24, 2.45) is 4.99 Å². The van der Waals surface area contributed by atoms with Gasteiger partial charge in [0.25, 0.3) is 11.6 Å². The molecule has 0 unspecified atom stereocenters. The summed E-state index contributed by atoms with van der Waals surface area (Å²) in [6.45, 7) is 0.628. The lowest BCUT2D eigenvalue weighted by molar-refractivity contribution is -0.385. The maximum atomic E-state index is 13.9. The van der Waals surface area contributed by atoms with Crippen LogP contribution in [0.1, 0.15) is 15.9 Å². The van der Waals surface area contributed by atoms with Crippen molar-refractivity contribution in [2.75, 3.05) is 13.1 Å². The highest BCUT2D eigenvalue weighted by Gasteiger charge is 2.30. The number of halogens is 3. The van der Waals surface area contributed by atoms with Crippen LogP contribution in [0.5, 0.6) is 0 Å². The first-order valence-electron chi connectivity index (χ1n) is 7.74. The van der Waals surface area contributed by atoms with Crippen molar-refractivity contribution < 1.29 is 14.1 Å². The Labute approximate surface area is 168 Å². The van der Waals surface area contributed by atoms with Crippen LogP contribution in [0.3, 0.4) is 0 Å². The second-order valence-corrected chi connectivity index (χ2v) is 7.31. The van der Waals surface area contributed by atoms with Gasteiger partial charge in [-0.2, -0.15) is 0 Å². The van der Waals surface area contributed by atoms with Gasteiger partial charge in [-0.15, -0.1) is 0 Å². The molecule has 0 N–H and O–H groups in total. The van der Waals surface area contributed by atoms with E-state index in [-0.39, 0.29) is 33.6 Å². The SMILES string of the molecule is O=C(c1cc(Cl)ccc1[N+](=O)[O-])N1CCN=C1SCc1c(F)cccc1Cl. The van der Waals surface area contributed by atoms with E-state index < -0.39 is 16.6 Å². The van der Waals surface area contributed by atoms with Gasteiger partial charge in [0, 0.05) is 34.0 Å². The van der Waals surface area contributed by atoms with E-state index in [2.05, 4.69) is 4.99 Å². The third kappa shape index (κ3) is 4.23. The summed E-state index contributed by atoms with van der Waals surface area (Å²) >= 11 is 13.1. The summed E-state index contributed by atoms with van der Waals surface area (Å²) < 4.78 is 13.9. The summed E-state index contributed by atoms with van der Waals surface area (Å²) in [4.78, 5) is 29.0. The van der Waals surface area contributed by atoms with E-state index in [1.54, 1.807) is 6.07 Å². The minimum absolute atomic E-state index is 0.119. The zero-order chi connectivity index (χ0) is 19.6. The van der Waals surface area contributed by atoms with Crippen LogP contribution in [0.25, 0.3) is 0 Å². The van der Waals surface area contributed by atoms with Crippen molar-refractivity contribution in [1.29, 1.82) is 0 Å². The highest BCUT2D eigenvalue weighted by atomic mass is 35.5. The van der Waals surface area contributed by atoms with E-state index in [0.717, 1.165) is 11.8 Å². The summed E-state index contributed by atoms with van der Waals surface area (Å²) in [6, 6.07) is 8.19. The molecule has 2 aromatic carbocycles. The lowest BCUT2D eigenvalue weighted by Crippen LogP contribution is -2.33. The maximum absolute atomic E-state index is 13.9. The van der Waals surface area contributed by atoms with Crippen molar-refractivity contribution >= 4 is 51.7 Å². The van der Waals surface area contributed by atoms with Crippen LogP contribution >= 0.6 is 35.0 Å². The highest BCUT2D eigenvalue weighted by molar-refractivity contribution is 8.13. The smallest absolute Gasteiger partial charge is 0.282 e. The van der Waals surface area contributed by atoms with Gasteiger partial charge in [-0.3, -0.25) is 24.8 Å². The van der Waals surface area contributed by atoms with Gasteiger partial charge in [0.1, 0.15) is 11.4 Å². The van der Waals surface area contributed by atoms with Gasteiger partial charge in [0.15, 0.2) is 5.17 Å². The van der Waals surface area contributed by atoms with E-state index in [1.807, 2.05) is 0 Å². The molecule has 140 valence electrons. The Morgan fingerprint density at radius 1 is 1.33 bits per heavy atom. The molecule has 0 spiro atoms. The molecule has 1 aliphatic rings. The first kappa shape index (κ1) is 19.6. The molecule has 1 heterocycles. The third-order valence-electron chi connectivity index (χ3n) is 3.84. The van der Waals surface area contributed by atoms with Gasteiger partial charge in [-0.1, -0.05) is 41.0 Å². The predicted molar refractivity (Wildman–Crippen MR) is 104 cm³/mol. The van der Waals surface area contributed by atoms with Crippen molar-refractivity contribution in [2.45, 2.75) is 5.75 Å². The molecular formula is C17H12Cl2FN3O3S. The minimum Gasteiger partial charge on any atom is -0.285 e. The van der Waals surface area contributed by atoms with Crippen LogP contribution in [0.2, 0.25) is 10.0 Å². The predicted octanol–water partition coefficient (Wildman–Crippen LogP) is 4.79. The average Bonchev–Trinajstić information content (AvgIpc) is 3.09. The topological polar surface area (TPSA) is 75.8 Å². The molecule has 27 heavy (non-hydrogen) atoms. The number of benzene rings is 2. The molecule has 0 aromatic heterocycles. The number of thioether (sulfide) groups is 1. The minimum atomic E-state index is -0.636. The fourth-order valence-corrected chi connectivity index (χ4v) is 4.09. The number of amidine groups is 1. The molecule has 10 heteroatoms. The van der Waals surface area contributed by atoms with E-state index in [9.17, 15) is 19.3 Å². The van der Waals surface area contributed by atoms with Gasteiger partial charge in [0.2, 0.25) is 0 Å². The van der Waals surface area contributed by atoms with E-state index in [4.69, 9.17) is 23.2 Å². The third-order valence-corrected chi connectivity index (χ3v) is 5.47. The Bertz CT molecular complexity index is 935. The number of hydrogen-bond acceptors (Lipinski definition) is 5. The molecule has 0 saturated heterocycles. The molecule has 0 aliphatic carbocycles. The Kier molecular flexibility index (Phi) is 5.98. The molecule has 6 nitrogen and oxygen atoms in total. The summed E-state index contributed by atoms with van der Waals surface area (Å²) in [5, 5.41) is 12.1. The number of nitrogens with zero attached hydrogens (tertiary/aromatic N) is 3. The first-order chi connectivity index (χ1) is 12.9. The molecule has 1 amide bonds. The fourth-order valence-electron chi connectivity index (χ4n) is 2.53. The van der Waals surface area contributed by atoms with E-state index in [1.165, 1.54) is 35.2 Å². The van der Waals surface area contributed by atoms with Gasteiger partial charge >= 0.3 is 0 Å². The summed E-state index contributed by atoms with van der Waals surface area (Å²) in [5.41, 5.74) is -0.149. The first-order valence-corrected chi connectivity index (χ1v) is 9.48.